The van der Waals surface area contributed by atoms with Crippen molar-refractivity contribution in [3.63, 3.8) is 0 Å². The maximum absolute atomic E-state index is 11.8. The number of benzene rings is 1. The van der Waals surface area contributed by atoms with Gasteiger partial charge in [-0.25, -0.2) is 5.54 Å². The number of rotatable bonds is 1. The third-order valence-corrected chi connectivity index (χ3v) is 1.55. The molecule has 3 heteroatoms. The van der Waals surface area contributed by atoms with Gasteiger partial charge in [0.15, 0.2) is 0 Å². The molecule has 0 atom stereocenters. The Bertz CT molecular complexity index is 237. The molecule has 1 N–H and O–H groups in total. The molecule has 0 unspecified atom stereocenters. The molecule has 1 nitrogen and oxygen atoms in total. The first-order valence-electron chi connectivity index (χ1n) is 2.87. The van der Waals surface area contributed by atoms with Gasteiger partial charge in [-0.15, -0.1) is 4.48 Å². The van der Waals surface area contributed by atoms with Gasteiger partial charge in [-0.05, 0) is 24.6 Å². The van der Waals surface area contributed by atoms with Crippen LogP contribution in [-0.2, 0) is 0 Å². The molecule has 0 bridgehead atoms. The van der Waals surface area contributed by atoms with Crippen LogP contribution in [0.4, 0.5) is 10.2 Å². The summed E-state index contributed by atoms with van der Waals surface area (Å²) in [6.45, 7) is 1.87. The highest BCUT2D eigenvalue weighted by Crippen LogP contribution is 2.22. The van der Waals surface area contributed by atoms with Gasteiger partial charge in [-0.1, -0.05) is 17.7 Å². The Morgan fingerprint density at radius 3 is 2.70 bits per heavy atom. The summed E-state index contributed by atoms with van der Waals surface area (Å²) in [6, 6.07) is 5.12. The van der Waals surface area contributed by atoms with Crippen LogP contribution in [0.15, 0.2) is 18.2 Å². The highest BCUT2D eigenvalue weighted by molar-refractivity contribution is 6.33. The fourth-order valence-electron chi connectivity index (χ4n) is 0.712. The van der Waals surface area contributed by atoms with Crippen molar-refractivity contribution in [3.8, 4) is 0 Å². The first kappa shape index (κ1) is 7.35. The lowest BCUT2D eigenvalue weighted by molar-refractivity contribution is 0.617. The minimum Gasteiger partial charge on any atom is -0.223 e. The predicted octanol–water partition coefficient (Wildman–Crippen LogP) is 2.94. The SMILES string of the molecule is Cc1ccc(Cl)c(NF)c1. The molecule has 0 heterocycles. The third kappa shape index (κ3) is 1.39. The van der Waals surface area contributed by atoms with Gasteiger partial charge >= 0.3 is 0 Å². The molecule has 0 amide bonds. The Morgan fingerprint density at radius 2 is 2.20 bits per heavy atom. The Morgan fingerprint density at radius 1 is 1.50 bits per heavy atom. The second kappa shape index (κ2) is 2.88. The van der Waals surface area contributed by atoms with E-state index in [1.54, 1.807) is 12.1 Å². The van der Waals surface area contributed by atoms with Crippen molar-refractivity contribution in [1.29, 1.82) is 0 Å². The Kier molecular flexibility index (Phi) is 2.12. The fraction of sp³-hybridized carbons (Fsp3) is 0.143. The number of hydrogen-bond donors (Lipinski definition) is 1. The van der Waals surface area contributed by atoms with Crippen molar-refractivity contribution < 1.29 is 4.48 Å². The smallest absolute Gasteiger partial charge is 0.0844 e. The quantitative estimate of drug-likeness (QED) is 0.622. The molecule has 1 rings (SSSR count). The Balaban J connectivity index is 3.09. The zero-order valence-corrected chi connectivity index (χ0v) is 6.24. The monoisotopic (exact) mass is 159 g/mol. The molecule has 0 saturated carbocycles. The molecule has 1 aromatic carbocycles. The third-order valence-electron chi connectivity index (χ3n) is 1.22. The minimum atomic E-state index is 0.321. The van der Waals surface area contributed by atoms with E-state index in [1.165, 1.54) is 5.54 Å². The van der Waals surface area contributed by atoms with Crippen LogP contribution in [-0.4, -0.2) is 0 Å². The fourth-order valence-corrected chi connectivity index (χ4v) is 0.865. The number of hydrogen-bond acceptors (Lipinski definition) is 1. The van der Waals surface area contributed by atoms with Crippen molar-refractivity contribution >= 4 is 17.3 Å². The van der Waals surface area contributed by atoms with Crippen molar-refractivity contribution in [3.05, 3.63) is 28.8 Å². The van der Waals surface area contributed by atoms with Gasteiger partial charge in [0.05, 0.1) is 10.7 Å². The number of anilines is 1. The van der Waals surface area contributed by atoms with Crippen LogP contribution in [0.3, 0.4) is 0 Å². The first-order valence-corrected chi connectivity index (χ1v) is 3.24. The van der Waals surface area contributed by atoms with Crippen LogP contribution in [0.25, 0.3) is 0 Å². The normalized spacial score (nSPS) is 9.50. The standard InChI is InChI=1S/C7H7ClFN/c1-5-2-3-6(8)7(4-5)10-9/h2-4,10H,1H3. The lowest BCUT2D eigenvalue weighted by atomic mass is 10.2. The van der Waals surface area contributed by atoms with E-state index in [4.69, 9.17) is 11.6 Å². The van der Waals surface area contributed by atoms with E-state index < -0.39 is 0 Å². The minimum absolute atomic E-state index is 0.321. The van der Waals surface area contributed by atoms with E-state index >= 15 is 0 Å². The lowest BCUT2D eigenvalue weighted by Gasteiger charge is -1.99. The van der Waals surface area contributed by atoms with Crippen molar-refractivity contribution in [2.24, 2.45) is 0 Å². The van der Waals surface area contributed by atoms with Crippen LogP contribution in [0.1, 0.15) is 5.56 Å². The average molecular weight is 160 g/mol. The summed E-state index contributed by atoms with van der Waals surface area (Å²) >= 11 is 5.59. The highest BCUT2D eigenvalue weighted by Gasteiger charge is 1.97. The van der Waals surface area contributed by atoms with Gasteiger partial charge in [0, 0.05) is 0 Å². The molecular formula is C7H7ClFN. The number of nitrogens with one attached hydrogen (secondary N) is 1. The summed E-state index contributed by atoms with van der Waals surface area (Å²) in [7, 11) is 0. The van der Waals surface area contributed by atoms with Gasteiger partial charge in [-0.3, -0.25) is 0 Å². The van der Waals surface area contributed by atoms with E-state index in [2.05, 4.69) is 0 Å². The Hall–Kier alpha value is -0.760. The van der Waals surface area contributed by atoms with Gasteiger partial charge < -0.3 is 0 Å². The molecule has 0 spiro atoms. The maximum Gasteiger partial charge on any atom is 0.0844 e. The van der Waals surface area contributed by atoms with Crippen LogP contribution in [0.5, 0.6) is 0 Å². The summed E-state index contributed by atoms with van der Waals surface area (Å²) < 4.78 is 11.8. The van der Waals surface area contributed by atoms with E-state index in [9.17, 15) is 4.48 Å². The summed E-state index contributed by atoms with van der Waals surface area (Å²) in [4.78, 5) is 0. The maximum atomic E-state index is 11.8. The average Bonchev–Trinajstić information content (AvgIpc) is 1.94. The summed E-state index contributed by atoms with van der Waals surface area (Å²) in [5, 5.41) is 0.396. The van der Waals surface area contributed by atoms with E-state index in [0.717, 1.165) is 5.56 Å². The van der Waals surface area contributed by atoms with Crippen LogP contribution < -0.4 is 5.54 Å². The van der Waals surface area contributed by atoms with Crippen LogP contribution >= 0.6 is 11.6 Å². The van der Waals surface area contributed by atoms with E-state index in [0.29, 0.717) is 10.7 Å². The molecule has 1 aromatic rings. The molecule has 10 heavy (non-hydrogen) atoms. The lowest BCUT2D eigenvalue weighted by Crippen LogP contribution is -1.83. The molecule has 0 aliphatic heterocycles. The molecule has 0 aliphatic rings. The molecule has 0 aliphatic carbocycles. The van der Waals surface area contributed by atoms with Gasteiger partial charge in [0.1, 0.15) is 0 Å². The molecule has 0 aromatic heterocycles. The van der Waals surface area contributed by atoms with Crippen molar-refractivity contribution in [1.82, 2.24) is 0 Å². The summed E-state index contributed by atoms with van der Waals surface area (Å²) in [5.74, 6) is 0. The zero-order chi connectivity index (χ0) is 7.56. The van der Waals surface area contributed by atoms with E-state index in [-0.39, 0.29) is 0 Å². The second-order valence-corrected chi connectivity index (χ2v) is 2.48. The Labute approximate surface area is 63.8 Å². The number of halogens is 2. The molecular weight excluding hydrogens is 153 g/mol. The van der Waals surface area contributed by atoms with Gasteiger partial charge in [-0.2, -0.15) is 0 Å². The molecule has 0 radical (unpaired) electrons. The first-order chi connectivity index (χ1) is 4.74. The molecule has 54 valence electrons. The molecule has 0 fully saturated rings. The topological polar surface area (TPSA) is 12.0 Å². The summed E-state index contributed by atoms with van der Waals surface area (Å²) in [5.41, 5.74) is 2.80. The van der Waals surface area contributed by atoms with Crippen molar-refractivity contribution in [2.75, 3.05) is 5.54 Å². The largest absolute Gasteiger partial charge is 0.223 e. The second-order valence-electron chi connectivity index (χ2n) is 2.08. The molecule has 0 saturated heterocycles. The predicted molar refractivity (Wildman–Crippen MR) is 40.9 cm³/mol. The van der Waals surface area contributed by atoms with Gasteiger partial charge in [0.2, 0.25) is 0 Å². The van der Waals surface area contributed by atoms with Gasteiger partial charge in [0.25, 0.3) is 0 Å². The summed E-state index contributed by atoms with van der Waals surface area (Å²) in [6.07, 6.45) is 0. The van der Waals surface area contributed by atoms with Crippen LogP contribution in [0.2, 0.25) is 5.02 Å². The highest BCUT2D eigenvalue weighted by atomic mass is 35.5. The van der Waals surface area contributed by atoms with Crippen molar-refractivity contribution in [2.45, 2.75) is 6.92 Å². The van der Waals surface area contributed by atoms with Crippen LogP contribution in [0, 0.1) is 6.92 Å². The zero-order valence-electron chi connectivity index (χ0n) is 5.49. The van der Waals surface area contributed by atoms with E-state index in [1.807, 2.05) is 13.0 Å². The number of aryl methyl sites for hydroxylation is 1.